The van der Waals surface area contributed by atoms with Gasteiger partial charge in [0.05, 0.1) is 6.26 Å². The summed E-state index contributed by atoms with van der Waals surface area (Å²) in [6.07, 6.45) is 1.03. The number of thiophene rings is 1. The number of rotatable bonds is 2. The summed E-state index contributed by atoms with van der Waals surface area (Å²) in [5.74, 6) is 0. The van der Waals surface area contributed by atoms with Gasteiger partial charge in [0.25, 0.3) is 0 Å². The molecule has 0 saturated heterocycles. The molecule has 80 valence electrons. The third kappa shape index (κ3) is 1.45. The van der Waals surface area contributed by atoms with Gasteiger partial charge in [-0.2, -0.15) is 11.3 Å². The summed E-state index contributed by atoms with van der Waals surface area (Å²) in [5.41, 5.74) is 2.55. The molecule has 0 amide bonds. The minimum absolute atomic E-state index is 0.602. The molecule has 0 bridgehead atoms. The fourth-order valence-electron chi connectivity index (χ4n) is 1.82. The number of hydrogen-bond acceptors (Lipinski definition) is 3. The molecule has 16 heavy (non-hydrogen) atoms. The summed E-state index contributed by atoms with van der Waals surface area (Å²) in [6, 6.07) is 9.66. The van der Waals surface area contributed by atoms with Crippen LogP contribution in [0.1, 0.15) is 17.2 Å². The molecular weight excluding hydrogens is 220 g/mol. The third-order valence-corrected chi connectivity index (χ3v) is 3.37. The Hall–Kier alpha value is -1.58. The summed E-state index contributed by atoms with van der Waals surface area (Å²) >= 11 is 1.58. The average molecular weight is 230 g/mol. The highest BCUT2D eigenvalue weighted by atomic mass is 32.1. The van der Waals surface area contributed by atoms with E-state index < -0.39 is 6.10 Å². The van der Waals surface area contributed by atoms with Gasteiger partial charge >= 0.3 is 0 Å². The van der Waals surface area contributed by atoms with Crippen LogP contribution in [-0.2, 0) is 0 Å². The fraction of sp³-hybridized carbons (Fsp3) is 0.0769. The lowest BCUT2D eigenvalue weighted by atomic mass is 10.0. The number of para-hydroxylation sites is 1. The summed E-state index contributed by atoms with van der Waals surface area (Å²) in [4.78, 5) is 0. The Kier molecular flexibility index (Phi) is 2.27. The van der Waals surface area contributed by atoms with Crippen molar-refractivity contribution in [3.05, 3.63) is 58.5 Å². The normalized spacial score (nSPS) is 13.1. The van der Waals surface area contributed by atoms with E-state index in [1.807, 2.05) is 41.1 Å². The highest BCUT2D eigenvalue weighted by Crippen LogP contribution is 2.31. The minimum atomic E-state index is -0.602. The van der Waals surface area contributed by atoms with Gasteiger partial charge < -0.3 is 9.52 Å². The smallest absolute Gasteiger partial charge is 0.134 e. The van der Waals surface area contributed by atoms with E-state index in [4.69, 9.17) is 4.42 Å². The van der Waals surface area contributed by atoms with Crippen molar-refractivity contribution in [2.75, 3.05) is 0 Å². The van der Waals surface area contributed by atoms with Gasteiger partial charge in [0, 0.05) is 10.9 Å². The van der Waals surface area contributed by atoms with E-state index >= 15 is 0 Å². The van der Waals surface area contributed by atoms with E-state index in [0.29, 0.717) is 0 Å². The molecule has 1 atom stereocenters. The highest BCUT2D eigenvalue weighted by Gasteiger charge is 2.16. The van der Waals surface area contributed by atoms with E-state index in [-0.39, 0.29) is 0 Å². The predicted molar refractivity (Wildman–Crippen MR) is 64.6 cm³/mol. The second-order valence-corrected chi connectivity index (χ2v) is 4.43. The molecule has 1 aromatic carbocycles. The average Bonchev–Trinajstić information content (AvgIpc) is 2.98. The van der Waals surface area contributed by atoms with Crippen LogP contribution in [0.4, 0.5) is 0 Å². The Morgan fingerprint density at radius 1 is 1.19 bits per heavy atom. The van der Waals surface area contributed by atoms with Crippen LogP contribution in [-0.4, -0.2) is 5.11 Å². The summed E-state index contributed by atoms with van der Waals surface area (Å²) in [7, 11) is 0. The molecule has 0 aliphatic heterocycles. The fourth-order valence-corrected chi connectivity index (χ4v) is 2.50. The second kappa shape index (κ2) is 3.77. The van der Waals surface area contributed by atoms with Gasteiger partial charge in [0.1, 0.15) is 11.7 Å². The van der Waals surface area contributed by atoms with Crippen molar-refractivity contribution in [3.63, 3.8) is 0 Å². The molecule has 0 spiro atoms. The molecule has 3 rings (SSSR count). The van der Waals surface area contributed by atoms with E-state index in [2.05, 4.69) is 0 Å². The number of furan rings is 1. The van der Waals surface area contributed by atoms with Crippen molar-refractivity contribution in [1.82, 2.24) is 0 Å². The maximum absolute atomic E-state index is 10.2. The van der Waals surface area contributed by atoms with Crippen LogP contribution >= 0.6 is 11.3 Å². The maximum Gasteiger partial charge on any atom is 0.134 e. The Bertz CT molecular complexity index is 595. The largest absolute Gasteiger partial charge is 0.464 e. The molecule has 3 heteroatoms. The number of benzene rings is 1. The zero-order valence-corrected chi connectivity index (χ0v) is 9.28. The van der Waals surface area contributed by atoms with Crippen LogP contribution in [0.2, 0.25) is 0 Å². The van der Waals surface area contributed by atoms with E-state index in [0.717, 1.165) is 22.1 Å². The molecule has 2 heterocycles. The van der Waals surface area contributed by atoms with Crippen molar-refractivity contribution in [2.45, 2.75) is 6.10 Å². The number of fused-ring (bicyclic) bond motifs is 1. The zero-order chi connectivity index (χ0) is 11.0. The molecule has 1 N–H and O–H groups in total. The Balaban J connectivity index is 2.12. The quantitative estimate of drug-likeness (QED) is 0.730. The van der Waals surface area contributed by atoms with E-state index in [1.165, 1.54) is 0 Å². The molecule has 2 aromatic heterocycles. The van der Waals surface area contributed by atoms with E-state index in [1.54, 1.807) is 17.6 Å². The Morgan fingerprint density at radius 2 is 2.06 bits per heavy atom. The highest BCUT2D eigenvalue weighted by molar-refractivity contribution is 7.07. The van der Waals surface area contributed by atoms with Crippen molar-refractivity contribution in [1.29, 1.82) is 0 Å². The lowest BCUT2D eigenvalue weighted by molar-refractivity contribution is 0.221. The van der Waals surface area contributed by atoms with Crippen LogP contribution in [0.25, 0.3) is 11.0 Å². The van der Waals surface area contributed by atoms with Gasteiger partial charge in [-0.25, -0.2) is 0 Å². The Morgan fingerprint density at radius 3 is 2.88 bits per heavy atom. The molecule has 0 aliphatic carbocycles. The summed E-state index contributed by atoms with van der Waals surface area (Å²) in [5, 5.41) is 15.1. The van der Waals surface area contributed by atoms with Crippen molar-refractivity contribution in [2.24, 2.45) is 0 Å². The van der Waals surface area contributed by atoms with Crippen molar-refractivity contribution >= 4 is 22.3 Å². The van der Waals surface area contributed by atoms with Gasteiger partial charge in [-0.1, -0.05) is 18.2 Å². The molecule has 2 nitrogen and oxygen atoms in total. The van der Waals surface area contributed by atoms with Gasteiger partial charge in [-0.15, -0.1) is 0 Å². The first kappa shape index (κ1) is 9.63. The van der Waals surface area contributed by atoms with Gasteiger partial charge in [0.15, 0.2) is 0 Å². The van der Waals surface area contributed by atoms with Crippen LogP contribution < -0.4 is 0 Å². The van der Waals surface area contributed by atoms with Crippen LogP contribution in [0.15, 0.2) is 51.8 Å². The first-order valence-electron chi connectivity index (χ1n) is 5.02. The molecular formula is C13H10O2S. The minimum Gasteiger partial charge on any atom is -0.464 e. The standard InChI is InChI=1S/C13H10O2S/c14-13(9-5-6-16-8-9)11-7-15-12-4-2-1-3-10(11)12/h1-8,13-14H. The van der Waals surface area contributed by atoms with Crippen LogP contribution in [0.5, 0.6) is 0 Å². The predicted octanol–water partition coefficient (Wildman–Crippen LogP) is 3.58. The van der Waals surface area contributed by atoms with Crippen LogP contribution in [0.3, 0.4) is 0 Å². The molecule has 0 fully saturated rings. The number of hydrogen-bond donors (Lipinski definition) is 1. The Labute approximate surface area is 96.8 Å². The number of aliphatic hydroxyl groups excluding tert-OH is 1. The lowest BCUT2D eigenvalue weighted by Gasteiger charge is -2.06. The van der Waals surface area contributed by atoms with Crippen molar-refractivity contribution < 1.29 is 9.52 Å². The second-order valence-electron chi connectivity index (χ2n) is 3.65. The van der Waals surface area contributed by atoms with E-state index in [9.17, 15) is 5.11 Å². The van der Waals surface area contributed by atoms with Gasteiger partial charge in [-0.05, 0) is 28.5 Å². The first-order chi connectivity index (χ1) is 7.86. The molecule has 3 aromatic rings. The monoisotopic (exact) mass is 230 g/mol. The lowest BCUT2D eigenvalue weighted by Crippen LogP contribution is -1.96. The first-order valence-corrected chi connectivity index (χ1v) is 5.97. The SMILES string of the molecule is OC(c1ccsc1)c1coc2ccccc12. The third-order valence-electron chi connectivity index (χ3n) is 2.66. The molecule has 0 aliphatic rings. The molecule has 0 saturated carbocycles. The van der Waals surface area contributed by atoms with Crippen LogP contribution in [0, 0.1) is 0 Å². The molecule has 0 radical (unpaired) electrons. The van der Waals surface area contributed by atoms with Gasteiger partial charge in [-0.3, -0.25) is 0 Å². The number of aliphatic hydroxyl groups is 1. The maximum atomic E-state index is 10.2. The topological polar surface area (TPSA) is 33.4 Å². The molecule has 1 unspecified atom stereocenters. The van der Waals surface area contributed by atoms with Crippen molar-refractivity contribution in [3.8, 4) is 0 Å². The van der Waals surface area contributed by atoms with Gasteiger partial charge in [0.2, 0.25) is 0 Å². The zero-order valence-electron chi connectivity index (χ0n) is 8.46. The summed E-state index contributed by atoms with van der Waals surface area (Å²) < 4.78 is 5.41. The summed E-state index contributed by atoms with van der Waals surface area (Å²) in [6.45, 7) is 0.